The molecule has 0 heterocycles. The van der Waals surface area contributed by atoms with Crippen LogP contribution in [0.5, 0.6) is 0 Å². The van der Waals surface area contributed by atoms with Crippen molar-refractivity contribution in [3.05, 3.63) is 23.8 Å². The molecule has 5 nitrogen and oxygen atoms in total. The molecule has 0 bridgehead atoms. The van der Waals surface area contributed by atoms with Gasteiger partial charge < -0.3 is 19.9 Å². The Morgan fingerprint density at radius 2 is 1.75 bits per heavy atom. The van der Waals surface area contributed by atoms with Gasteiger partial charge in [0.25, 0.3) is 0 Å². The Balaban J connectivity index is 2.15. The topological polar surface area (TPSA) is 70.8 Å². The van der Waals surface area contributed by atoms with E-state index >= 15 is 0 Å². The van der Waals surface area contributed by atoms with Gasteiger partial charge in [0, 0.05) is 17.7 Å². The van der Waals surface area contributed by atoms with Crippen molar-refractivity contribution < 1.29 is 18.4 Å². The third-order valence-corrected chi connectivity index (χ3v) is 4.04. The molecule has 0 radical (unpaired) electrons. The Bertz CT molecular complexity index is 426. The smallest absolute Gasteiger partial charge is 0.0701 e. The van der Waals surface area contributed by atoms with E-state index in [-0.39, 0.29) is 0 Å². The molecular formula is C14H23NO4S. The van der Waals surface area contributed by atoms with Crippen LogP contribution in [-0.4, -0.2) is 50.1 Å². The molecule has 1 atom stereocenters. The van der Waals surface area contributed by atoms with Crippen molar-refractivity contribution >= 4 is 16.5 Å². The normalized spacial score (nSPS) is 12.5. The Kier molecular flexibility index (Phi) is 8.45. The summed E-state index contributed by atoms with van der Waals surface area (Å²) < 4.78 is 27.5. The molecule has 1 aromatic carbocycles. The molecule has 0 amide bonds. The predicted octanol–water partition coefficient (Wildman–Crippen LogP) is 1.36. The number of aryl methyl sites for hydroxylation is 1. The van der Waals surface area contributed by atoms with Crippen molar-refractivity contribution in [2.24, 2.45) is 0 Å². The first kappa shape index (κ1) is 17.1. The molecule has 0 aliphatic rings. The van der Waals surface area contributed by atoms with Crippen molar-refractivity contribution in [2.45, 2.75) is 11.8 Å². The lowest BCUT2D eigenvalue weighted by atomic mass is 10.2. The van der Waals surface area contributed by atoms with Crippen molar-refractivity contribution in [1.29, 1.82) is 0 Å². The largest absolute Gasteiger partial charge is 0.399 e. The number of rotatable bonds is 10. The molecular weight excluding hydrogens is 278 g/mol. The number of nitrogen functional groups attached to an aromatic ring is 1. The second kappa shape index (κ2) is 9.88. The summed E-state index contributed by atoms with van der Waals surface area (Å²) in [5, 5.41) is 0. The Morgan fingerprint density at radius 1 is 1.10 bits per heavy atom. The van der Waals surface area contributed by atoms with Gasteiger partial charge >= 0.3 is 0 Å². The molecule has 1 unspecified atom stereocenters. The zero-order valence-corrected chi connectivity index (χ0v) is 12.9. The third-order valence-electron chi connectivity index (χ3n) is 2.72. The van der Waals surface area contributed by atoms with Crippen molar-refractivity contribution in [1.82, 2.24) is 0 Å². The fourth-order valence-electron chi connectivity index (χ4n) is 1.51. The van der Waals surface area contributed by atoms with Gasteiger partial charge in [0.15, 0.2) is 0 Å². The Hall–Kier alpha value is -0.950. The van der Waals surface area contributed by atoms with Crippen LogP contribution in [0, 0.1) is 6.92 Å². The van der Waals surface area contributed by atoms with Crippen molar-refractivity contribution in [3.8, 4) is 0 Å². The van der Waals surface area contributed by atoms with Crippen LogP contribution in [0.1, 0.15) is 5.56 Å². The van der Waals surface area contributed by atoms with Gasteiger partial charge in [-0.2, -0.15) is 0 Å². The first-order chi connectivity index (χ1) is 9.65. The second-order valence-corrected chi connectivity index (χ2v) is 5.86. The zero-order valence-electron chi connectivity index (χ0n) is 12.1. The molecule has 0 aliphatic heterocycles. The predicted molar refractivity (Wildman–Crippen MR) is 80.4 cm³/mol. The lowest BCUT2D eigenvalue weighted by Crippen LogP contribution is -2.12. The number of nitrogens with two attached hydrogens (primary N) is 1. The van der Waals surface area contributed by atoms with Crippen LogP contribution in [0.4, 0.5) is 5.69 Å². The average molecular weight is 301 g/mol. The highest BCUT2D eigenvalue weighted by atomic mass is 32.2. The number of hydrogen-bond donors (Lipinski definition) is 1. The summed E-state index contributed by atoms with van der Waals surface area (Å²) in [5.41, 5.74) is 7.40. The van der Waals surface area contributed by atoms with E-state index in [1.165, 1.54) is 0 Å². The molecule has 1 aromatic rings. The monoisotopic (exact) mass is 301 g/mol. The maximum atomic E-state index is 12.0. The summed E-state index contributed by atoms with van der Waals surface area (Å²) in [6.07, 6.45) is 0. The van der Waals surface area contributed by atoms with Gasteiger partial charge in [-0.25, -0.2) is 0 Å². The van der Waals surface area contributed by atoms with Crippen LogP contribution in [0.15, 0.2) is 23.1 Å². The average Bonchev–Trinajstić information content (AvgIpc) is 2.44. The van der Waals surface area contributed by atoms with Gasteiger partial charge in [0.05, 0.1) is 49.6 Å². The summed E-state index contributed by atoms with van der Waals surface area (Å²) in [4.78, 5) is 0.789. The van der Waals surface area contributed by atoms with Gasteiger partial charge in [0.1, 0.15) is 0 Å². The number of methoxy groups -OCH3 is 1. The van der Waals surface area contributed by atoms with Crippen LogP contribution in [0.2, 0.25) is 0 Å². The summed E-state index contributed by atoms with van der Waals surface area (Å²) in [5.74, 6) is 0.474. The molecule has 0 spiro atoms. The van der Waals surface area contributed by atoms with E-state index in [1.807, 2.05) is 13.0 Å². The van der Waals surface area contributed by atoms with Crippen molar-refractivity contribution in [3.63, 3.8) is 0 Å². The quantitative estimate of drug-likeness (QED) is 0.522. The zero-order chi connectivity index (χ0) is 14.8. The highest BCUT2D eigenvalue weighted by Gasteiger charge is 2.05. The van der Waals surface area contributed by atoms with Crippen LogP contribution in [0.3, 0.4) is 0 Å². The minimum absolute atomic E-state index is 0.448. The molecule has 114 valence electrons. The molecule has 0 fully saturated rings. The van der Waals surface area contributed by atoms with Gasteiger partial charge in [-0.1, -0.05) is 0 Å². The fourth-order valence-corrected chi connectivity index (χ4v) is 2.54. The van der Waals surface area contributed by atoms with E-state index in [9.17, 15) is 4.21 Å². The first-order valence-electron chi connectivity index (χ1n) is 6.54. The highest BCUT2D eigenvalue weighted by molar-refractivity contribution is 7.85. The highest BCUT2D eigenvalue weighted by Crippen LogP contribution is 2.15. The molecule has 0 saturated carbocycles. The number of hydrogen-bond acceptors (Lipinski definition) is 5. The van der Waals surface area contributed by atoms with Crippen LogP contribution < -0.4 is 5.73 Å². The molecule has 0 saturated heterocycles. The van der Waals surface area contributed by atoms with E-state index in [4.69, 9.17) is 19.9 Å². The van der Waals surface area contributed by atoms with E-state index in [0.29, 0.717) is 38.8 Å². The summed E-state index contributed by atoms with van der Waals surface area (Å²) in [6.45, 7) is 4.53. The van der Waals surface area contributed by atoms with E-state index in [2.05, 4.69) is 0 Å². The summed E-state index contributed by atoms with van der Waals surface area (Å²) >= 11 is 0. The molecule has 1 rings (SSSR count). The third kappa shape index (κ3) is 6.47. The number of ether oxygens (including phenoxy) is 3. The van der Waals surface area contributed by atoms with Gasteiger partial charge in [-0.3, -0.25) is 4.21 Å². The maximum Gasteiger partial charge on any atom is 0.0701 e. The van der Waals surface area contributed by atoms with Gasteiger partial charge in [-0.15, -0.1) is 0 Å². The van der Waals surface area contributed by atoms with Crippen LogP contribution >= 0.6 is 0 Å². The molecule has 6 heteroatoms. The number of benzene rings is 1. The first-order valence-corrected chi connectivity index (χ1v) is 7.86. The maximum absolute atomic E-state index is 12.0. The minimum Gasteiger partial charge on any atom is -0.399 e. The lowest BCUT2D eigenvalue weighted by Gasteiger charge is -2.07. The van der Waals surface area contributed by atoms with E-state index in [0.717, 1.165) is 16.1 Å². The summed E-state index contributed by atoms with van der Waals surface area (Å²) in [6, 6.07) is 5.44. The number of anilines is 1. The molecule has 0 aliphatic carbocycles. The Labute approximate surface area is 122 Å². The summed E-state index contributed by atoms with van der Waals surface area (Å²) in [7, 11) is 0.579. The lowest BCUT2D eigenvalue weighted by molar-refractivity contribution is 0.0285. The second-order valence-electron chi connectivity index (χ2n) is 4.29. The van der Waals surface area contributed by atoms with Crippen LogP contribution in [-0.2, 0) is 25.0 Å². The molecule has 0 aromatic heterocycles. The van der Waals surface area contributed by atoms with Gasteiger partial charge in [-0.05, 0) is 30.7 Å². The Morgan fingerprint density at radius 3 is 2.40 bits per heavy atom. The van der Waals surface area contributed by atoms with Crippen molar-refractivity contribution in [2.75, 3.05) is 51.6 Å². The van der Waals surface area contributed by atoms with Crippen LogP contribution in [0.25, 0.3) is 0 Å². The SMILES string of the molecule is COCCOCCOCCS(=O)c1ccc(N)c(C)c1. The standard InChI is InChI=1S/C14H23NO4S/c1-12-11-13(3-4-14(12)15)20(16)10-9-19-8-7-18-6-5-17-2/h3-4,11H,5-10,15H2,1-2H3. The molecule has 20 heavy (non-hydrogen) atoms. The van der Waals surface area contributed by atoms with E-state index in [1.54, 1.807) is 19.2 Å². The van der Waals surface area contributed by atoms with Gasteiger partial charge in [0.2, 0.25) is 0 Å². The molecule has 2 N–H and O–H groups in total. The minimum atomic E-state index is -1.05. The fraction of sp³-hybridized carbons (Fsp3) is 0.571. The van der Waals surface area contributed by atoms with E-state index < -0.39 is 10.8 Å².